The molecule has 3 nitrogen and oxygen atoms in total. The summed E-state index contributed by atoms with van der Waals surface area (Å²) in [6.07, 6.45) is 2.39. The van der Waals surface area contributed by atoms with Crippen LogP contribution in [-0.4, -0.2) is 9.55 Å². The van der Waals surface area contributed by atoms with Crippen molar-refractivity contribution in [2.45, 2.75) is 45.2 Å². The maximum atomic E-state index is 6.57. The van der Waals surface area contributed by atoms with E-state index in [4.69, 9.17) is 22.3 Å². The second-order valence-electron chi connectivity index (χ2n) is 6.06. The van der Waals surface area contributed by atoms with Gasteiger partial charge in [-0.3, -0.25) is 0 Å². The molecule has 1 aliphatic carbocycles. The zero-order valence-corrected chi connectivity index (χ0v) is 12.4. The summed E-state index contributed by atoms with van der Waals surface area (Å²) in [7, 11) is 0. The summed E-state index contributed by atoms with van der Waals surface area (Å²) >= 11 is 6.36. The van der Waals surface area contributed by atoms with Crippen LogP contribution in [0.5, 0.6) is 0 Å². The van der Waals surface area contributed by atoms with Crippen LogP contribution in [0.15, 0.2) is 18.2 Å². The van der Waals surface area contributed by atoms with Gasteiger partial charge in [-0.05, 0) is 51.7 Å². The molecule has 0 spiro atoms. The third-order valence-corrected chi connectivity index (χ3v) is 4.39. The van der Waals surface area contributed by atoms with Gasteiger partial charge >= 0.3 is 0 Å². The quantitative estimate of drug-likeness (QED) is 0.926. The van der Waals surface area contributed by atoms with Crippen LogP contribution in [0, 0.1) is 5.92 Å². The van der Waals surface area contributed by atoms with E-state index in [1.54, 1.807) is 0 Å². The lowest BCUT2D eigenvalue weighted by atomic mass is 9.96. The fourth-order valence-electron chi connectivity index (χ4n) is 2.85. The van der Waals surface area contributed by atoms with Gasteiger partial charge in [0.25, 0.3) is 0 Å². The lowest BCUT2D eigenvalue weighted by Gasteiger charge is -2.26. The van der Waals surface area contributed by atoms with E-state index in [1.807, 2.05) is 18.2 Å². The van der Waals surface area contributed by atoms with Gasteiger partial charge in [0.2, 0.25) is 0 Å². The van der Waals surface area contributed by atoms with Crippen LogP contribution >= 0.6 is 11.6 Å². The molecule has 1 aliphatic rings. The molecule has 1 unspecified atom stereocenters. The molecule has 1 aromatic carbocycles. The van der Waals surface area contributed by atoms with Crippen molar-refractivity contribution in [3.8, 4) is 0 Å². The van der Waals surface area contributed by atoms with E-state index in [0.717, 1.165) is 21.9 Å². The average Bonchev–Trinajstić information content (AvgIpc) is 3.10. The Balaban J connectivity index is 2.30. The SMILES string of the molecule is CC(C)n1c(C(C)(N)C2CC2)nc2cccc(Cl)c21. The predicted molar refractivity (Wildman–Crippen MR) is 79.4 cm³/mol. The Morgan fingerprint density at radius 2 is 2.11 bits per heavy atom. The molecule has 1 fully saturated rings. The van der Waals surface area contributed by atoms with E-state index in [-0.39, 0.29) is 5.54 Å². The first-order chi connectivity index (χ1) is 8.93. The molecule has 1 atom stereocenters. The third-order valence-electron chi connectivity index (χ3n) is 4.08. The van der Waals surface area contributed by atoms with Crippen LogP contribution < -0.4 is 5.73 Å². The number of hydrogen-bond donors (Lipinski definition) is 1. The number of rotatable bonds is 3. The number of aromatic nitrogens is 2. The zero-order valence-electron chi connectivity index (χ0n) is 11.7. The molecule has 1 aromatic heterocycles. The van der Waals surface area contributed by atoms with Gasteiger partial charge in [0.05, 0.1) is 21.6 Å². The molecular weight excluding hydrogens is 258 g/mol. The monoisotopic (exact) mass is 277 g/mol. The van der Waals surface area contributed by atoms with E-state index in [9.17, 15) is 0 Å². The highest BCUT2D eigenvalue weighted by Gasteiger charge is 2.43. The zero-order chi connectivity index (χ0) is 13.8. The minimum atomic E-state index is -0.368. The van der Waals surface area contributed by atoms with Crippen molar-refractivity contribution < 1.29 is 0 Å². The van der Waals surface area contributed by atoms with Crippen molar-refractivity contribution in [2.24, 2.45) is 11.7 Å². The number of benzene rings is 1. The lowest BCUT2D eigenvalue weighted by Crippen LogP contribution is -2.38. The second-order valence-corrected chi connectivity index (χ2v) is 6.47. The molecule has 0 amide bonds. The Labute approximate surface area is 118 Å². The highest BCUT2D eigenvalue weighted by Crippen LogP contribution is 2.45. The highest BCUT2D eigenvalue weighted by atomic mass is 35.5. The molecule has 102 valence electrons. The molecule has 4 heteroatoms. The van der Waals surface area contributed by atoms with E-state index in [2.05, 4.69) is 25.3 Å². The first-order valence-electron chi connectivity index (χ1n) is 6.88. The van der Waals surface area contributed by atoms with E-state index >= 15 is 0 Å². The van der Waals surface area contributed by atoms with E-state index in [0.29, 0.717) is 12.0 Å². The molecule has 0 bridgehead atoms. The van der Waals surface area contributed by atoms with Gasteiger partial charge < -0.3 is 10.3 Å². The van der Waals surface area contributed by atoms with Gasteiger partial charge in [-0.1, -0.05) is 17.7 Å². The Hall–Kier alpha value is -1.06. The number of hydrogen-bond acceptors (Lipinski definition) is 2. The molecule has 3 rings (SSSR count). The summed E-state index contributed by atoms with van der Waals surface area (Å²) in [6.45, 7) is 6.40. The molecule has 0 aliphatic heterocycles. The number of fused-ring (bicyclic) bond motifs is 1. The van der Waals surface area contributed by atoms with Gasteiger partial charge in [-0.15, -0.1) is 0 Å². The van der Waals surface area contributed by atoms with Crippen molar-refractivity contribution >= 4 is 22.6 Å². The highest BCUT2D eigenvalue weighted by molar-refractivity contribution is 6.35. The van der Waals surface area contributed by atoms with Gasteiger partial charge in [0, 0.05) is 6.04 Å². The summed E-state index contributed by atoms with van der Waals surface area (Å²) in [6, 6.07) is 6.16. The summed E-state index contributed by atoms with van der Waals surface area (Å²) in [5, 5.41) is 0.747. The molecular formula is C15H20ClN3. The molecule has 2 N–H and O–H groups in total. The third kappa shape index (κ3) is 1.96. The molecule has 1 saturated carbocycles. The van der Waals surface area contributed by atoms with Crippen LogP contribution in [0.3, 0.4) is 0 Å². The molecule has 0 radical (unpaired) electrons. The maximum Gasteiger partial charge on any atom is 0.130 e. The van der Waals surface area contributed by atoms with Crippen molar-refractivity contribution in [1.29, 1.82) is 0 Å². The molecule has 2 aromatic rings. The number of halogens is 1. The largest absolute Gasteiger partial charge is 0.323 e. The standard InChI is InChI=1S/C15H20ClN3/c1-9(2)19-13-11(16)5-4-6-12(13)18-14(19)15(3,17)10-7-8-10/h4-6,9-10H,7-8,17H2,1-3H3. The fourth-order valence-corrected chi connectivity index (χ4v) is 3.12. The lowest BCUT2D eigenvalue weighted by molar-refractivity contribution is 0.373. The van der Waals surface area contributed by atoms with Gasteiger partial charge in [0.15, 0.2) is 0 Å². The first kappa shape index (κ1) is 12.9. The van der Waals surface area contributed by atoms with E-state index < -0.39 is 0 Å². The summed E-state index contributed by atoms with van der Waals surface area (Å²) in [5.41, 5.74) is 8.15. The minimum absolute atomic E-state index is 0.293. The summed E-state index contributed by atoms with van der Waals surface area (Å²) in [4.78, 5) is 4.78. The van der Waals surface area contributed by atoms with Crippen molar-refractivity contribution in [2.75, 3.05) is 0 Å². The van der Waals surface area contributed by atoms with Crippen LogP contribution in [0.4, 0.5) is 0 Å². The van der Waals surface area contributed by atoms with Gasteiger partial charge in [-0.2, -0.15) is 0 Å². The minimum Gasteiger partial charge on any atom is -0.323 e. The predicted octanol–water partition coefficient (Wildman–Crippen LogP) is 3.85. The average molecular weight is 278 g/mol. The van der Waals surface area contributed by atoms with Crippen molar-refractivity contribution in [1.82, 2.24) is 9.55 Å². The normalized spacial score (nSPS) is 19.1. The second kappa shape index (κ2) is 4.22. The van der Waals surface area contributed by atoms with Gasteiger partial charge in [-0.25, -0.2) is 4.98 Å². The van der Waals surface area contributed by atoms with Crippen LogP contribution in [0.2, 0.25) is 5.02 Å². The summed E-state index contributed by atoms with van der Waals surface area (Å²) < 4.78 is 2.20. The Bertz CT molecular complexity index is 624. The van der Waals surface area contributed by atoms with Gasteiger partial charge in [0.1, 0.15) is 5.82 Å². The molecule has 19 heavy (non-hydrogen) atoms. The first-order valence-corrected chi connectivity index (χ1v) is 7.26. The number of nitrogens with zero attached hydrogens (tertiary/aromatic N) is 2. The van der Waals surface area contributed by atoms with Crippen molar-refractivity contribution in [3.05, 3.63) is 29.0 Å². The molecule has 0 saturated heterocycles. The number of nitrogens with two attached hydrogens (primary N) is 1. The smallest absolute Gasteiger partial charge is 0.130 e. The van der Waals surface area contributed by atoms with Crippen LogP contribution in [0.1, 0.15) is 45.5 Å². The fraction of sp³-hybridized carbons (Fsp3) is 0.533. The van der Waals surface area contributed by atoms with E-state index in [1.165, 1.54) is 12.8 Å². The molecule has 1 heterocycles. The van der Waals surface area contributed by atoms with Crippen LogP contribution in [0.25, 0.3) is 11.0 Å². The number of imidazole rings is 1. The Kier molecular flexibility index (Phi) is 2.88. The van der Waals surface area contributed by atoms with Crippen LogP contribution in [-0.2, 0) is 5.54 Å². The van der Waals surface area contributed by atoms with Crippen molar-refractivity contribution in [3.63, 3.8) is 0 Å². The Morgan fingerprint density at radius 1 is 1.42 bits per heavy atom. The topological polar surface area (TPSA) is 43.8 Å². The maximum absolute atomic E-state index is 6.57. The number of para-hydroxylation sites is 1. The Morgan fingerprint density at radius 3 is 2.68 bits per heavy atom. The summed E-state index contributed by atoms with van der Waals surface area (Å²) in [5.74, 6) is 1.51.